The second kappa shape index (κ2) is 16.5. The van der Waals surface area contributed by atoms with Gasteiger partial charge in [-0.1, -0.05) is 109 Å². The van der Waals surface area contributed by atoms with Crippen LogP contribution in [0.3, 0.4) is 0 Å². The van der Waals surface area contributed by atoms with Gasteiger partial charge in [-0.25, -0.2) is 4.79 Å². The number of rotatable bonds is 13. The first-order valence-electron chi connectivity index (χ1n) is 20.3. The Balaban J connectivity index is 1.84. The topological polar surface area (TPSA) is 147 Å². The predicted molar refractivity (Wildman–Crippen MR) is 232 cm³/mol. The van der Waals surface area contributed by atoms with Crippen molar-refractivity contribution in [1.29, 1.82) is 0 Å². The Morgan fingerprint density at radius 1 is 0.845 bits per heavy atom. The number of nitrogens with zero attached hydrogens (tertiary/aromatic N) is 1. The summed E-state index contributed by atoms with van der Waals surface area (Å²) in [5.41, 5.74) is -6.63. The molecule has 0 spiro atoms. The number of carbonyl (C=O) groups is 2. The SMILES string of the molecule is COc1ccc(C(c2ccccc2)(c2ccc(OC)cc2)C(O)[C@H]2O[C@@](CO)(N3CC(C)(C(O[SiH](C)C)C(C)(C)C)C(=O)NC3=O)C([SiH](C)C)[C@@]2(O)C(C)(C)C)cc1. The summed E-state index contributed by atoms with van der Waals surface area (Å²) in [6.45, 7) is 20.9. The molecular weight excluding hydrogens is 769 g/mol. The van der Waals surface area contributed by atoms with Crippen LogP contribution in [0.5, 0.6) is 11.5 Å². The molecule has 4 N–H and O–H groups in total. The molecular formula is C45H66N2O9Si2. The van der Waals surface area contributed by atoms with E-state index in [-0.39, 0.29) is 6.54 Å². The minimum atomic E-state index is -2.22. The minimum Gasteiger partial charge on any atom is -0.497 e. The quantitative estimate of drug-likeness (QED) is 0.119. The zero-order valence-electron chi connectivity index (χ0n) is 36.6. The Kier molecular flexibility index (Phi) is 12.9. The number of benzene rings is 3. The van der Waals surface area contributed by atoms with Gasteiger partial charge in [0, 0.05) is 20.9 Å². The van der Waals surface area contributed by atoms with Crippen LogP contribution in [0.15, 0.2) is 78.9 Å². The van der Waals surface area contributed by atoms with Gasteiger partial charge in [-0.2, -0.15) is 0 Å². The fourth-order valence-corrected chi connectivity index (χ4v) is 14.5. The molecule has 318 valence electrons. The third-order valence-electron chi connectivity index (χ3n) is 12.6. The van der Waals surface area contributed by atoms with Crippen LogP contribution in [0.1, 0.15) is 65.2 Å². The summed E-state index contributed by atoms with van der Waals surface area (Å²) in [7, 11) is -0.755. The van der Waals surface area contributed by atoms with Crippen LogP contribution in [0, 0.1) is 16.2 Å². The summed E-state index contributed by atoms with van der Waals surface area (Å²) in [5.74, 6) is 0.766. The molecule has 0 aromatic heterocycles. The second-order valence-electron chi connectivity index (χ2n) is 19.1. The number of aliphatic hydroxyl groups excluding tert-OH is 2. The summed E-state index contributed by atoms with van der Waals surface area (Å²) in [4.78, 5) is 30.0. The van der Waals surface area contributed by atoms with E-state index in [1.165, 1.54) is 4.90 Å². The Morgan fingerprint density at radius 3 is 1.72 bits per heavy atom. The molecule has 2 saturated heterocycles. The van der Waals surface area contributed by atoms with Gasteiger partial charge in [0.2, 0.25) is 5.91 Å². The van der Waals surface area contributed by atoms with Crippen molar-refractivity contribution in [2.75, 3.05) is 27.4 Å². The number of amides is 3. The average Bonchev–Trinajstić information content (AvgIpc) is 3.46. The average molecular weight is 835 g/mol. The molecule has 0 aliphatic carbocycles. The zero-order valence-corrected chi connectivity index (χ0v) is 38.9. The van der Waals surface area contributed by atoms with Crippen LogP contribution in [-0.4, -0.2) is 107 Å². The van der Waals surface area contributed by atoms with Crippen molar-refractivity contribution in [3.8, 4) is 11.5 Å². The largest absolute Gasteiger partial charge is 0.497 e. The molecule has 58 heavy (non-hydrogen) atoms. The summed E-state index contributed by atoms with van der Waals surface area (Å²) in [5, 5.41) is 42.1. The van der Waals surface area contributed by atoms with E-state index in [4.69, 9.17) is 18.6 Å². The molecule has 11 nitrogen and oxygen atoms in total. The Bertz CT molecular complexity index is 1850. The van der Waals surface area contributed by atoms with E-state index in [1.54, 1.807) is 21.1 Å². The third kappa shape index (κ3) is 7.45. The normalized spacial score (nSPS) is 26.8. The van der Waals surface area contributed by atoms with Gasteiger partial charge < -0.3 is 34.0 Å². The van der Waals surface area contributed by atoms with Gasteiger partial charge in [-0.3, -0.25) is 15.0 Å². The van der Waals surface area contributed by atoms with Crippen LogP contribution in [0.25, 0.3) is 0 Å². The molecule has 0 saturated carbocycles. The van der Waals surface area contributed by atoms with Crippen LogP contribution < -0.4 is 14.8 Å². The molecule has 2 aliphatic rings. The smallest absolute Gasteiger partial charge is 0.326 e. The maximum absolute atomic E-state index is 14.4. The van der Waals surface area contributed by atoms with Crippen molar-refractivity contribution >= 4 is 29.8 Å². The van der Waals surface area contributed by atoms with Gasteiger partial charge in [0.15, 0.2) is 14.8 Å². The molecule has 3 aromatic rings. The highest BCUT2D eigenvalue weighted by atomic mass is 28.3. The van der Waals surface area contributed by atoms with Crippen LogP contribution >= 0.6 is 0 Å². The monoisotopic (exact) mass is 834 g/mol. The molecule has 5 rings (SSSR count). The number of urea groups is 1. The molecule has 0 radical (unpaired) electrons. The van der Waals surface area contributed by atoms with Gasteiger partial charge in [0.05, 0.1) is 37.8 Å². The first-order valence-corrected chi connectivity index (χ1v) is 26.1. The number of methoxy groups -OCH3 is 2. The first-order chi connectivity index (χ1) is 27.0. The van der Waals surface area contributed by atoms with Gasteiger partial charge in [0.25, 0.3) is 0 Å². The van der Waals surface area contributed by atoms with E-state index in [0.717, 1.165) is 5.56 Å². The van der Waals surface area contributed by atoms with E-state index < -0.39 is 93.2 Å². The van der Waals surface area contributed by atoms with Crippen LogP contribution in [0.2, 0.25) is 31.7 Å². The van der Waals surface area contributed by atoms with Crippen molar-refractivity contribution in [2.24, 2.45) is 16.2 Å². The number of hydrogen-bond acceptors (Lipinski definition) is 9. The first kappa shape index (κ1) is 45.5. The van der Waals surface area contributed by atoms with Gasteiger partial charge in [0.1, 0.15) is 29.3 Å². The lowest BCUT2D eigenvalue weighted by Crippen LogP contribution is -2.72. The number of carbonyl (C=O) groups excluding carboxylic acids is 2. The van der Waals surface area contributed by atoms with Gasteiger partial charge >= 0.3 is 6.03 Å². The lowest BCUT2D eigenvalue weighted by molar-refractivity contribution is -0.206. The van der Waals surface area contributed by atoms with Gasteiger partial charge in [-0.15, -0.1) is 0 Å². The molecule has 3 amide bonds. The highest BCUT2D eigenvalue weighted by Gasteiger charge is 2.74. The number of imide groups is 1. The van der Waals surface area contributed by atoms with E-state index in [2.05, 4.69) is 18.4 Å². The van der Waals surface area contributed by atoms with Crippen LogP contribution in [-0.2, 0) is 19.4 Å². The highest BCUT2D eigenvalue weighted by Crippen LogP contribution is 2.62. The van der Waals surface area contributed by atoms with Crippen molar-refractivity contribution in [3.05, 3.63) is 95.6 Å². The molecule has 4 unspecified atom stereocenters. The predicted octanol–water partition coefficient (Wildman–Crippen LogP) is 6.09. The van der Waals surface area contributed by atoms with E-state index in [0.29, 0.717) is 22.6 Å². The Hall–Kier alpha value is -3.57. The molecule has 2 heterocycles. The van der Waals surface area contributed by atoms with Crippen LogP contribution in [0.4, 0.5) is 4.79 Å². The molecule has 13 heteroatoms. The maximum Gasteiger partial charge on any atom is 0.326 e. The van der Waals surface area contributed by atoms with Crippen molar-refractivity contribution in [1.82, 2.24) is 10.2 Å². The number of hydrogen-bond donors (Lipinski definition) is 4. The van der Waals surface area contributed by atoms with E-state index >= 15 is 0 Å². The fourth-order valence-electron chi connectivity index (χ4n) is 10.1. The minimum absolute atomic E-state index is 0.150. The zero-order chi connectivity index (χ0) is 43.2. The molecule has 2 fully saturated rings. The Labute approximate surface area is 348 Å². The lowest BCUT2D eigenvalue weighted by atomic mass is 9.60. The number of aliphatic hydroxyl groups is 3. The van der Waals surface area contributed by atoms with Crippen molar-refractivity contribution in [2.45, 2.75) is 115 Å². The molecule has 3 aromatic carbocycles. The third-order valence-corrected chi connectivity index (χ3v) is 15.8. The summed E-state index contributed by atoms with van der Waals surface area (Å²) in [6.07, 6.45) is -3.55. The lowest BCUT2D eigenvalue weighted by Gasteiger charge is -2.54. The Morgan fingerprint density at radius 2 is 1.33 bits per heavy atom. The standard InChI is InChI=1S/C45H66N2O9Si2/c1-40(2,3)36(56-58(12)13)42(7)27-47(39(51)46-38(42)50)43(28-48)37(57(10)11)45(52,41(4,5)6)35(55-43)34(49)44(29-17-15-14-16-18-29,30-19-23-32(53-8)24-20-30)31-21-25-33(54-9)26-22-31/h14-26,34-37,48-49,52,57-58H,27-28H2,1-13H3,(H,46,50,51)/t34?,35-,36?,37?,42?,43-,45-/m1/s1. The van der Waals surface area contributed by atoms with E-state index in [9.17, 15) is 24.9 Å². The van der Waals surface area contributed by atoms with E-state index in [1.807, 2.05) is 133 Å². The van der Waals surface area contributed by atoms with Crippen molar-refractivity contribution in [3.63, 3.8) is 0 Å². The molecule has 7 atom stereocenters. The number of ether oxygens (including phenoxy) is 3. The highest BCUT2D eigenvalue weighted by molar-refractivity contribution is 6.58. The molecule has 2 aliphatic heterocycles. The number of nitrogens with one attached hydrogen (secondary N) is 1. The second-order valence-corrected chi connectivity index (χ2v) is 24.6. The summed E-state index contributed by atoms with van der Waals surface area (Å²) < 4.78 is 25.0. The molecule has 0 bridgehead atoms. The summed E-state index contributed by atoms with van der Waals surface area (Å²) in [6, 6.07) is 23.8. The fraction of sp³-hybridized carbons (Fsp3) is 0.556. The summed E-state index contributed by atoms with van der Waals surface area (Å²) >= 11 is 0. The maximum atomic E-state index is 14.4. The van der Waals surface area contributed by atoms with Gasteiger partial charge in [-0.05, 0) is 71.8 Å². The van der Waals surface area contributed by atoms with Crippen molar-refractivity contribution < 1.29 is 43.5 Å².